The van der Waals surface area contributed by atoms with Crippen molar-refractivity contribution < 1.29 is 9.53 Å². The summed E-state index contributed by atoms with van der Waals surface area (Å²) in [5, 5.41) is 0. The number of hydrogen-bond donors (Lipinski definition) is 1. The number of esters is 1. The molecular weight excluding hydrogens is 228 g/mol. The van der Waals surface area contributed by atoms with Crippen molar-refractivity contribution in [2.75, 3.05) is 26.2 Å². The molecule has 0 aromatic rings. The Labute approximate surface area is 109 Å². The van der Waals surface area contributed by atoms with Gasteiger partial charge in [-0.2, -0.15) is 0 Å². The minimum absolute atomic E-state index is 0.0348. The van der Waals surface area contributed by atoms with E-state index in [0.717, 1.165) is 25.6 Å². The molecule has 18 heavy (non-hydrogen) atoms. The van der Waals surface area contributed by atoms with Crippen LogP contribution >= 0.6 is 0 Å². The zero-order valence-corrected chi connectivity index (χ0v) is 11.0. The Hall–Kier alpha value is -0.870. The van der Waals surface area contributed by atoms with Crippen LogP contribution in [0.2, 0.25) is 0 Å². The van der Waals surface area contributed by atoms with Gasteiger partial charge in [0.1, 0.15) is 6.10 Å². The van der Waals surface area contributed by atoms with Crippen molar-refractivity contribution in [1.82, 2.24) is 4.90 Å². The Bertz CT molecular complexity index is 298. The third kappa shape index (κ3) is 4.10. The van der Waals surface area contributed by atoms with Crippen molar-refractivity contribution in [2.24, 2.45) is 11.7 Å². The van der Waals surface area contributed by atoms with Crippen LogP contribution in [-0.4, -0.2) is 43.2 Å². The van der Waals surface area contributed by atoms with Gasteiger partial charge in [0.25, 0.3) is 0 Å². The molecule has 0 saturated heterocycles. The molecule has 0 radical (unpaired) electrons. The lowest BCUT2D eigenvalue weighted by Gasteiger charge is -2.32. The number of carbonyl (C=O) groups excluding carboxylic acids is 1. The van der Waals surface area contributed by atoms with Crippen molar-refractivity contribution in [2.45, 2.75) is 38.2 Å². The van der Waals surface area contributed by atoms with E-state index < -0.39 is 0 Å². The summed E-state index contributed by atoms with van der Waals surface area (Å²) in [7, 11) is 0. The van der Waals surface area contributed by atoms with Crippen LogP contribution in [0.25, 0.3) is 0 Å². The van der Waals surface area contributed by atoms with Crippen LogP contribution < -0.4 is 5.73 Å². The number of hydrogen-bond acceptors (Lipinski definition) is 4. The first-order valence-electron chi connectivity index (χ1n) is 7.06. The molecule has 0 amide bonds. The lowest BCUT2D eigenvalue weighted by molar-refractivity contribution is -0.146. The van der Waals surface area contributed by atoms with Gasteiger partial charge in [-0.05, 0) is 24.8 Å². The molecular formula is C14H24N2O2. The summed E-state index contributed by atoms with van der Waals surface area (Å²) in [6.45, 7) is 2.90. The number of carbonyl (C=O) groups is 1. The SMILES string of the molecule is NCC(=O)OC1C=CCN(CC2CCCCC2)C1. The summed E-state index contributed by atoms with van der Waals surface area (Å²) >= 11 is 0. The largest absolute Gasteiger partial charge is 0.456 e. The third-order valence-corrected chi connectivity index (χ3v) is 3.84. The number of ether oxygens (including phenoxy) is 1. The summed E-state index contributed by atoms with van der Waals surface area (Å²) in [4.78, 5) is 13.6. The Morgan fingerprint density at radius 3 is 2.83 bits per heavy atom. The molecule has 2 rings (SSSR count). The average molecular weight is 252 g/mol. The molecule has 0 aromatic heterocycles. The highest BCUT2D eigenvalue weighted by molar-refractivity contribution is 5.71. The van der Waals surface area contributed by atoms with Crippen LogP contribution in [0.4, 0.5) is 0 Å². The molecule has 1 heterocycles. The van der Waals surface area contributed by atoms with Crippen molar-refractivity contribution in [3.8, 4) is 0 Å². The summed E-state index contributed by atoms with van der Waals surface area (Å²) in [6.07, 6.45) is 10.8. The average Bonchev–Trinajstić information content (AvgIpc) is 2.40. The van der Waals surface area contributed by atoms with Crippen molar-refractivity contribution in [3.63, 3.8) is 0 Å². The molecule has 102 valence electrons. The van der Waals surface area contributed by atoms with Gasteiger partial charge in [0.2, 0.25) is 0 Å². The monoisotopic (exact) mass is 252 g/mol. The molecule has 1 aliphatic heterocycles. The van der Waals surface area contributed by atoms with E-state index in [0.29, 0.717) is 0 Å². The fraction of sp³-hybridized carbons (Fsp3) is 0.786. The maximum Gasteiger partial charge on any atom is 0.320 e. The molecule has 2 aliphatic rings. The molecule has 1 fully saturated rings. The summed E-state index contributed by atoms with van der Waals surface area (Å²) in [5.41, 5.74) is 5.26. The second-order valence-electron chi connectivity index (χ2n) is 5.38. The zero-order valence-electron chi connectivity index (χ0n) is 11.0. The van der Waals surface area contributed by atoms with Crippen molar-refractivity contribution in [3.05, 3.63) is 12.2 Å². The van der Waals surface area contributed by atoms with Gasteiger partial charge in [-0.1, -0.05) is 25.3 Å². The first kappa shape index (κ1) is 13.6. The molecule has 1 aliphatic carbocycles. The number of rotatable bonds is 4. The lowest BCUT2D eigenvalue weighted by Crippen LogP contribution is -2.41. The van der Waals surface area contributed by atoms with Gasteiger partial charge < -0.3 is 10.5 Å². The number of nitrogens with zero attached hydrogens (tertiary/aromatic N) is 1. The summed E-state index contributed by atoms with van der Waals surface area (Å²) < 4.78 is 5.27. The molecule has 1 unspecified atom stereocenters. The quantitative estimate of drug-likeness (QED) is 0.605. The maximum atomic E-state index is 11.2. The fourth-order valence-electron chi connectivity index (χ4n) is 2.93. The molecule has 0 bridgehead atoms. The molecule has 1 atom stereocenters. The Morgan fingerprint density at radius 2 is 2.11 bits per heavy atom. The van der Waals surface area contributed by atoms with Gasteiger partial charge in [0, 0.05) is 19.6 Å². The van der Waals surface area contributed by atoms with Gasteiger partial charge in [0.05, 0.1) is 6.54 Å². The smallest absolute Gasteiger partial charge is 0.320 e. The highest BCUT2D eigenvalue weighted by Gasteiger charge is 2.22. The minimum Gasteiger partial charge on any atom is -0.456 e. The highest BCUT2D eigenvalue weighted by Crippen LogP contribution is 2.25. The van der Waals surface area contributed by atoms with Gasteiger partial charge in [-0.25, -0.2) is 0 Å². The Kier molecular flexibility index (Phi) is 5.20. The first-order chi connectivity index (χ1) is 8.78. The van der Waals surface area contributed by atoms with Gasteiger partial charge in [0.15, 0.2) is 0 Å². The second kappa shape index (κ2) is 6.90. The lowest BCUT2D eigenvalue weighted by atomic mass is 9.88. The van der Waals surface area contributed by atoms with E-state index in [1.807, 2.05) is 6.08 Å². The standard InChI is InChI=1S/C14H24N2O2/c15-9-14(17)18-13-7-4-8-16(11-13)10-12-5-2-1-3-6-12/h4,7,12-13H,1-3,5-6,8-11,15H2. The van der Waals surface area contributed by atoms with Crippen LogP contribution in [0, 0.1) is 5.92 Å². The van der Waals surface area contributed by atoms with Crippen molar-refractivity contribution in [1.29, 1.82) is 0 Å². The highest BCUT2D eigenvalue weighted by atomic mass is 16.5. The van der Waals surface area contributed by atoms with E-state index in [9.17, 15) is 4.79 Å². The van der Waals surface area contributed by atoms with Gasteiger partial charge in [-0.15, -0.1) is 0 Å². The van der Waals surface area contributed by atoms with E-state index in [2.05, 4.69) is 11.0 Å². The molecule has 1 saturated carbocycles. The summed E-state index contributed by atoms with van der Waals surface area (Å²) in [5.74, 6) is 0.514. The molecule has 2 N–H and O–H groups in total. The first-order valence-corrected chi connectivity index (χ1v) is 7.06. The van der Waals surface area contributed by atoms with E-state index in [1.165, 1.54) is 32.1 Å². The Morgan fingerprint density at radius 1 is 1.33 bits per heavy atom. The van der Waals surface area contributed by atoms with E-state index >= 15 is 0 Å². The van der Waals surface area contributed by atoms with E-state index in [4.69, 9.17) is 10.5 Å². The van der Waals surface area contributed by atoms with E-state index in [1.54, 1.807) is 0 Å². The van der Waals surface area contributed by atoms with Crippen LogP contribution in [0.1, 0.15) is 32.1 Å². The van der Waals surface area contributed by atoms with Gasteiger partial charge in [-0.3, -0.25) is 9.69 Å². The minimum atomic E-state index is -0.316. The number of nitrogens with two attached hydrogens (primary N) is 1. The summed E-state index contributed by atoms with van der Waals surface area (Å²) in [6, 6.07) is 0. The third-order valence-electron chi connectivity index (χ3n) is 3.84. The second-order valence-corrected chi connectivity index (χ2v) is 5.38. The van der Waals surface area contributed by atoms with Crippen LogP contribution in [-0.2, 0) is 9.53 Å². The molecule has 4 nitrogen and oxygen atoms in total. The van der Waals surface area contributed by atoms with Crippen LogP contribution in [0.15, 0.2) is 12.2 Å². The zero-order chi connectivity index (χ0) is 12.8. The van der Waals surface area contributed by atoms with E-state index in [-0.39, 0.29) is 18.6 Å². The predicted octanol–water partition coefficient (Wildman–Crippen LogP) is 1.31. The predicted molar refractivity (Wildman–Crippen MR) is 71.1 cm³/mol. The Balaban J connectivity index is 1.77. The van der Waals surface area contributed by atoms with Gasteiger partial charge >= 0.3 is 5.97 Å². The topological polar surface area (TPSA) is 55.6 Å². The van der Waals surface area contributed by atoms with Crippen molar-refractivity contribution >= 4 is 5.97 Å². The maximum absolute atomic E-state index is 11.2. The normalized spacial score (nSPS) is 26.2. The molecule has 0 aromatic carbocycles. The fourth-order valence-corrected chi connectivity index (χ4v) is 2.93. The molecule has 4 heteroatoms. The van der Waals surface area contributed by atoms with Crippen LogP contribution in [0.5, 0.6) is 0 Å². The molecule has 0 spiro atoms. The van der Waals surface area contributed by atoms with Crippen LogP contribution in [0.3, 0.4) is 0 Å².